The minimum Gasteiger partial charge on any atom is -0.497 e. The van der Waals surface area contributed by atoms with Crippen LogP contribution in [0.3, 0.4) is 0 Å². The van der Waals surface area contributed by atoms with Crippen LogP contribution in [-0.2, 0) is 0 Å². The van der Waals surface area contributed by atoms with E-state index in [-0.39, 0.29) is 0 Å². The Morgan fingerprint density at radius 3 is 2.16 bits per heavy atom. The fourth-order valence-corrected chi connectivity index (χ4v) is 20.5. The minimum absolute atomic E-state index is 0.584. The van der Waals surface area contributed by atoms with E-state index in [0.29, 0.717) is 11.5 Å². The first kappa shape index (κ1) is 18.2. The van der Waals surface area contributed by atoms with Crippen LogP contribution in [0.1, 0.15) is 18.0 Å². The summed E-state index contributed by atoms with van der Waals surface area (Å²) in [7, 11) is -1.37. The summed E-state index contributed by atoms with van der Waals surface area (Å²) < 4.78 is 5.39. The highest BCUT2D eigenvalue weighted by Crippen LogP contribution is 2.45. The second kappa shape index (κ2) is 6.97. The van der Waals surface area contributed by atoms with Crippen LogP contribution >= 0.6 is 0 Å². The quantitative estimate of drug-likeness (QED) is 0.527. The van der Waals surface area contributed by atoms with Gasteiger partial charge < -0.3 is 4.74 Å². The highest BCUT2D eigenvalue weighted by Gasteiger charge is 2.54. The zero-order chi connectivity index (χ0) is 18.1. The van der Waals surface area contributed by atoms with Crippen LogP contribution in [0.2, 0.25) is 25.7 Å². The molecule has 0 N–H and O–H groups in total. The van der Waals surface area contributed by atoms with Crippen molar-refractivity contribution >= 4 is 20.4 Å². The molecule has 0 saturated heterocycles. The molecule has 3 atom stereocenters. The zero-order valence-electron chi connectivity index (χ0n) is 16.1. The van der Waals surface area contributed by atoms with Crippen molar-refractivity contribution in [2.75, 3.05) is 7.11 Å². The van der Waals surface area contributed by atoms with Gasteiger partial charge in [0.2, 0.25) is 0 Å². The van der Waals surface area contributed by atoms with Gasteiger partial charge in [-0.2, -0.15) is 0 Å². The van der Waals surface area contributed by atoms with Gasteiger partial charge in [-0.15, -0.1) is 0 Å². The van der Waals surface area contributed by atoms with Gasteiger partial charge in [0.15, 0.2) is 0 Å². The average molecular weight is 367 g/mol. The van der Waals surface area contributed by atoms with Crippen molar-refractivity contribution in [2.24, 2.45) is 5.92 Å². The normalized spacial score (nSPS) is 26.4. The lowest BCUT2D eigenvalue weighted by Crippen LogP contribution is -2.70. The first-order chi connectivity index (χ1) is 11.9. The summed E-state index contributed by atoms with van der Waals surface area (Å²) in [5, 5.41) is 1.64. The number of ether oxygens (including phenoxy) is 1. The van der Waals surface area contributed by atoms with Crippen LogP contribution in [-0.4, -0.2) is 22.3 Å². The van der Waals surface area contributed by atoms with Gasteiger partial charge in [-0.1, -0.05) is 86.4 Å². The van der Waals surface area contributed by atoms with Crippen molar-refractivity contribution in [2.45, 2.75) is 38.2 Å². The van der Waals surface area contributed by atoms with Crippen molar-refractivity contribution in [3.8, 4) is 5.75 Å². The van der Waals surface area contributed by atoms with Gasteiger partial charge in [-0.05, 0) is 35.2 Å². The lowest BCUT2D eigenvalue weighted by molar-refractivity contribution is 0.414. The van der Waals surface area contributed by atoms with Crippen LogP contribution < -0.4 is 9.92 Å². The lowest BCUT2D eigenvalue weighted by Gasteiger charge is -2.51. The predicted octanol–water partition coefficient (Wildman–Crippen LogP) is 5.30. The molecule has 1 aliphatic rings. The smallest absolute Gasteiger partial charge is 0.118 e. The maximum absolute atomic E-state index is 5.39. The summed E-state index contributed by atoms with van der Waals surface area (Å²) in [6.07, 6.45) is 4.94. The van der Waals surface area contributed by atoms with E-state index in [0.717, 1.165) is 5.75 Å². The molecule has 0 unspecified atom stereocenters. The first-order valence-electron chi connectivity index (χ1n) is 9.26. The number of hydrogen-bond acceptors (Lipinski definition) is 1. The number of hydrogen-bond donors (Lipinski definition) is 0. The molecule has 2 aromatic carbocycles. The van der Waals surface area contributed by atoms with Crippen LogP contribution in [0.15, 0.2) is 66.7 Å². The molecule has 25 heavy (non-hydrogen) atoms. The van der Waals surface area contributed by atoms with Gasteiger partial charge in [0, 0.05) is 7.59 Å². The molecule has 3 heteroatoms. The maximum atomic E-state index is 5.39. The van der Waals surface area contributed by atoms with Crippen LogP contribution in [0.4, 0.5) is 0 Å². The Labute approximate surface area is 154 Å². The molecule has 0 bridgehead atoms. The van der Waals surface area contributed by atoms with E-state index in [1.165, 1.54) is 11.6 Å². The van der Waals surface area contributed by atoms with E-state index in [1.807, 2.05) is 0 Å². The Hall–Kier alpha value is -1.59. The van der Waals surface area contributed by atoms with Gasteiger partial charge in [0.25, 0.3) is 0 Å². The number of benzene rings is 2. The maximum Gasteiger partial charge on any atom is 0.118 e. The van der Waals surface area contributed by atoms with Crippen molar-refractivity contribution in [1.82, 2.24) is 0 Å². The molecule has 0 aliphatic carbocycles. The molecular weight excluding hydrogens is 336 g/mol. The summed E-state index contributed by atoms with van der Waals surface area (Å²) in [5.74, 6) is 1.53. The van der Waals surface area contributed by atoms with Gasteiger partial charge in [0.1, 0.15) is 5.75 Å². The Balaban J connectivity index is 2.21. The molecule has 0 aromatic heterocycles. The third kappa shape index (κ3) is 3.15. The monoisotopic (exact) mass is 366 g/mol. The molecule has 2 aromatic rings. The second-order valence-corrected chi connectivity index (χ2v) is 23.6. The Morgan fingerprint density at radius 1 is 0.960 bits per heavy atom. The van der Waals surface area contributed by atoms with Gasteiger partial charge in [-0.3, -0.25) is 0 Å². The Morgan fingerprint density at radius 2 is 1.60 bits per heavy atom. The molecular formula is C22H30OSi2. The van der Waals surface area contributed by atoms with Gasteiger partial charge in [0.05, 0.1) is 14.7 Å². The molecule has 0 saturated carbocycles. The molecule has 1 aliphatic heterocycles. The fraction of sp³-hybridized carbons (Fsp3) is 0.364. The van der Waals surface area contributed by atoms with Crippen molar-refractivity contribution in [1.29, 1.82) is 0 Å². The molecule has 0 amide bonds. The van der Waals surface area contributed by atoms with Crippen molar-refractivity contribution in [3.05, 3.63) is 72.3 Å². The Bertz CT molecular complexity index is 731. The topological polar surface area (TPSA) is 9.23 Å². The summed E-state index contributed by atoms with van der Waals surface area (Å²) in [6.45, 7) is 10.2. The Kier molecular flexibility index (Phi) is 5.07. The summed E-state index contributed by atoms with van der Waals surface area (Å²) in [5.41, 5.74) is 2.13. The molecule has 0 spiro atoms. The largest absolute Gasteiger partial charge is 0.497 e. The van der Waals surface area contributed by atoms with Gasteiger partial charge >= 0.3 is 0 Å². The van der Waals surface area contributed by atoms with Crippen molar-refractivity contribution in [3.63, 3.8) is 0 Å². The van der Waals surface area contributed by atoms with E-state index in [1.54, 1.807) is 12.3 Å². The molecule has 3 rings (SSSR count). The summed E-state index contributed by atoms with van der Waals surface area (Å²) in [4.78, 5) is 0. The number of methoxy groups -OCH3 is 1. The van der Waals surface area contributed by atoms with E-state index >= 15 is 0 Å². The lowest BCUT2D eigenvalue weighted by atomic mass is 9.99. The summed E-state index contributed by atoms with van der Waals surface area (Å²) >= 11 is 0. The number of rotatable bonds is 4. The average Bonchev–Trinajstić information content (AvgIpc) is 2.61. The van der Waals surface area contributed by atoms with E-state index in [9.17, 15) is 0 Å². The molecule has 0 radical (unpaired) electrons. The molecule has 0 fully saturated rings. The zero-order valence-corrected chi connectivity index (χ0v) is 18.1. The third-order valence-electron chi connectivity index (χ3n) is 6.04. The van der Waals surface area contributed by atoms with Gasteiger partial charge in [-0.25, -0.2) is 0 Å². The standard InChI is InChI=1S/C22H30OSi2/c1-18-10-9-17-25(24(3,4)5,21-11-7-6-8-12-21)22(18)19-13-15-20(23-2)16-14-19/h6-16,18,22H,17H2,1-5H3/t18-,22-,25+/m0/s1. The highest BCUT2D eigenvalue weighted by molar-refractivity contribution is 7.46. The molecule has 1 nitrogen and oxygen atoms in total. The minimum atomic E-state index is -1.71. The first-order valence-corrected chi connectivity index (χ1v) is 16.0. The van der Waals surface area contributed by atoms with Crippen LogP contribution in [0.25, 0.3) is 0 Å². The van der Waals surface area contributed by atoms with Crippen LogP contribution in [0, 0.1) is 5.92 Å². The third-order valence-corrected chi connectivity index (χ3v) is 23.3. The van der Waals surface area contributed by atoms with E-state index in [4.69, 9.17) is 4.74 Å². The molecule has 132 valence electrons. The number of allylic oxidation sites excluding steroid dienone is 2. The fourth-order valence-electron chi connectivity index (χ4n) is 4.79. The van der Waals surface area contributed by atoms with E-state index < -0.39 is 15.2 Å². The summed E-state index contributed by atoms with van der Waals surface area (Å²) in [6, 6.07) is 21.6. The van der Waals surface area contributed by atoms with Crippen molar-refractivity contribution < 1.29 is 4.74 Å². The predicted molar refractivity (Wildman–Crippen MR) is 114 cm³/mol. The highest BCUT2D eigenvalue weighted by atomic mass is 29.3. The van der Waals surface area contributed by atoms with E-state index in [2.05, 4.69) is 93.3 Å². The second-order valence-electron chi connectivity index (χ2n) is 8.33. The van der Waals surface area contributed by atoms with Crippen LogP contribution in [0.5, 0.6) is 5.75 Å². The molecule has 1 heterocycles. The SMILES string of the molecule is COc1ccc([C@@H]2[C@@H](C)C=CC[Si@]2(c2ccccc2)[Si](C)(C)C)cc1.